The predicted octanol–water partition coefficient (Wildman–Crippen LogP) is 3.01. The van der Waals surface area contributed by atoms with Gasteiger partial charge in [-0.05, 0) is 24.1 Å². The molecule has 0 spiro atoms. The van der Waals surface area contributed by atoms with Crippen LogP contribution in [0.5, 0.6) is 0 Å². The number of pyridine rings is 1. The molecule has 1 aromatic carbocycles. The molecule has 4 aromatic rings. The van der Waals surface area contributed by atoms with E-state index in [0.29, 0.717) is 11.4 Å². The van der Waals surface area contributed by atoms with E-state index in [1.54, 1.807) is 16.7 Å². The van der Waals surface area contributed by atoms with E-state index in [1.165, 1.54) is 17.3 Å². The zero-order valence-corrected chi connectivity index (χ0v) is 16.0. The van der Waals surface area contributed by atoms with Crippen LogP contribution in [0.2, 0.25) is 0 Å². The van der Waals surface area contributed by atoms with Gasteiger partial charge in [0.05, 0.1) is 5.69 Å². The van der Waals surface area contributed by atoms with E-state index >= 15 is 0 Å². The highest BCUT2D eigenvalue weighted by atomic mass is 32.2. The summed E-state index contributed by atoms with van der Waals surface area (Å²) in [5.41, 5.74) is 3.55. The van der Waals surface area contributed by atoms with Crippen molar-refractivity contribution >= 4 is 17.4 Å². The monoisotopic (exact) mass is 377 g/mol. The summed E-state index contributed by atoms with van der Waals surface area (Å²) in [5, 5.41) is 9.42. The van der Waals surface area contributed by atoms with Crippen molar-refractivity contribution in [2.24, 2.45) is 7.05 Å². The number of thioether (sulfide) groups is 1. The summed E-state index contributed by atoms with van der Waals surface area (Å²) in [7, 11) is 1.97. The minimum atomic E-state index is -0.0676. The second-order valence-corrected chi connectivity index (χ2v) is 7.32. The van der Waals surface area contributed by atoms with Crippen molar-refractivity contribution in [2.75, 3.05) is 0 Å². The molecule has 0 amide bonds. The van der Waals surface area contributed by atoms with Crippen molar-refractivity contribution in [1.82, 2.24) is 24.1 Å². The Morgan fingerprint density at radius 1 is 1.07 bits per heavy atom. The first kappa shape index (κ1) is 17.5. The Morgan fingerprint density at radius 3 is 2.70 bits per heavy atom. The fourth-order valence-corrected chi connectivity index (χ4v) is 3.75. The zero-order valence-electron chi connectivity index (χ0n) is 15.2. The fraction of sp³-hybridized carbons (Fsp3) is 0.200. The van der Waals surface area contributed by atoms with Gasteiger partial charge in [0, 0.05) is 31.5 Å². The van der Waals surface area contributed by atoms with Crippen LogP contribution in [0, 0.1) is 6.92 Å². The minimum absolute atomic E-state index is 0.0676. The Balaban J connectivity index is 1.53. The quantitative estimate of drug-likeness (QED) is 0.500. The molecule has 0 N–H and O–H groups in total. The van der Waals surface area contributed by atoms with Crippen LogP contribution in [0.1, 0.15) is 22.6 Å². The van der Waals surface area contributed by atoms with Crippen molar-refractivity contribution in [1.29, 1.82) is 0 Å². The third-order valence-corrected chi connectivity index (χ3v) is 5.47. The van der Waals surface area contributed by atoms with Crippen LogP contribution in [0.4, 0.5) is 0 Å². The minimum Gasteiger partial charge on any atom is -0.309 e. The molecule has 3 aromatic heterocycles. The highest BCUT2D eigenvalue weighted by molar-refractivity contribution is 7.98. The SMILES string of the molecule is Cc1cccn2c(=O)cc(CSc3nnc(Cc4ccccc4)n3C)nc12. The average molecular weight is 377 g/mol. The molecule has 3 heterocycles. The second kappa shape index (κ2) is 7.36. The molecule has 0 bridgehead atoms. The van der Waals surface area contributed by atoms with Gasteiger partial charge < -0.3 is 4.57 Å². The molecule has 6 nitrogen and oxygen atoms in total. The number of aryl methyl sites for hydroxylation is 1. The lowest BCUT2D eigenvalue weighted by atomic mass is 10.1. The largest absolute Gasteiger partial charge is 0.309 e. The molecule has 0 atom stereocenters. The molecule has 27 heavy (non-hydrogen) atoms. The molecular formula is C20H19N5OS. The van der Waals surface area contributed by atoms with Gasteiger partial charge in [-0.3, -0.25) is 9.20 Å². The molecule has 0 radical (unpaired) electrons. The predicted molar refractivity (Wildman–Crippen MR) is 106 cm³/mol. The van der Waals surface area contributed by atoms with Gasteiger partial charge in [0.25, 0.3) is 5.56 Å². The molecule has 0 unspecified atom stereocenters. The van der Waals surface area contributed by atoms with Crippen LogP contribution < -0.4 is 5.56 Å². The van der Waals surface area contributed by atoms with Crippen LogP contribution in [0.25, 0.3) is 5.65 Å². The molecular weight excluding hydrogens is 358 g/mol. The van der Waals surface area contributed by atoms with Crippen molar-refractivity contribution in [3.63, 3.8) is 0 Å². The third kappa shape index (κ3) is 3.64. The van der Waals surface area contributed by atoms with Crippen molar-refractivity contribution in [3.8, 4) is 0 Å². The van der Waals surface area contributed by atoms with Crippen LogP contribution in [-0.4, -0.2) is 24.1 Å². The van der Waals surface area contributed by atoms with Gasteiger partial charge in [-0.1, -0.05) is 48.2 Å². The van der Waals surface area contributed by atoms with Gasteiger partial charge in [-0.25, -0.2) is 4.98 Å². The average Bonchev–Trinajstić information content (AvgIpc) is 3.01. The summed E-state index contributed by atoms with van der Waals surface area (Å²) in [6.07, 6.45) is 2.48. The van der Waals surface area contributed by atoms with Crippen LogP contribution in [0.15, 0.2) is 64.7 Å². The van der Waals surface area contributed by atoms with E-state index in [2.05, 4.69) is 27.3 Å². The highest BCUT2D eigenvalue weighted by Crippen LogP contribution is 2.21. The number of hydrogen-bond acceptors (Lipinski definition) is 5. The van der Waals surface area contributed by atoms with E-state index < -0.39 is 0 Å². The van der Waals surface area contributed by atoms with Crippen molar-refractivity contribution < 1.29 is 0 Å². The number of hydrogen-bond donors (Lipinski definition) is 0. The van der Waals surface area contributed by atoms with Gasteiger partial charge >= 0.3 is 0 Å². The summed E-state index contributed by atoms with van der Waals surface area (Å²) in [6, 6.07) is 15.6. The van der Waals surface area contributed by atoms with E-state index in [0.717, 1.165) is 28.7 Å². The number of nitrogens with zero attached hydrogens (tertiary/aromatic N) is 5. The first-order chi connectivity index (χ1) is 13.1. The summed E-state index contributed by atoms with van der Waals surface area (Å²) < 4.78 is 3.57. The maximum atomic E-state index is 12.3. The maximum Gasteiger partial charge on any atom is 0.258 e. The summed E-state index contributed by atoms with van der Waals surface area (Å²) in [4.78, 5) is 17.0. The molecule has 0 aliphatic carbocycles. The standard InChI is InChI=1S/C20H19N5OS/c1-14-7-6-10-25-18(26)12-16(21-19(14)25)13-27-20-23-22-17(24(20)2)11-15-8-4-3-5-9-15/h3-10,12H,11,13H2,1-2H3. The molecule has 136 valence electrons. The Kier molecular flexibility index (Phi) is 4.77. The highest BCUT2D eigenvalue weighted by Gasteiger charge is 2.11. The fourth-order valence-electron chi connectivity index (χ4n) is 2.92. The van der Waals surface area contributed by atoms with Gasteiger partial charge in [0.15, 0.2) is 5.16 Å². The second-order valence-electron chi connectivity index (χ2n) is 6.38. The summed E-state index contributed by atoms with van der Waals surface area (Å²) >= 11 is 1.53. The number of aromatic nitrogens is 5. The van der Waals surface area contributed by atoms with Crippen LogP contribution >= 0.6 is 11.8 Å². The lowest BCUT2D eigenvalue weighted by Gasteiger charge is -2.06. The lowest BCUT2D eigenvalue weighted by Crippen LogP contribution is -2.15. The smallest absolute Gasteiger partial charge is 0.258 e. The Morgan fingerprint density at radius 2 is 1.89 bits per heavy atom. The molecule has 4 rings (SSSR count). The Hall–Kier alpha value is -2.93. The summed E-state index contributed by atoms with van der Waals surface area (Å²) in [6.45, 7) is 1.96. The first-order valence-corrected chi connectivity index (χ1v) is 9.63. The van der Waals surface area contributed by atoms with E-state index in [4.69, 9.17) is 0 Å². The van der Waals surface area contributed by atoms with Crippen LogP contribution in [0.3, 0.4) is 0 Å². The Labute approximate surface area is 160 Å². The maximum absolute atomic E-state index is 12.3. The van der Waals surface area contributed by atoms with Crippen molar-refractivity contribution in [2.45, 2.75) is 24.3 Å². The molecule has 0 saturated carbocycles. The topological polar surface area (TPSA) is 65.1 Å². The number of benzene rings is 1. The first-order valence-electron chi connectivity index (χ1n) is 8.65. The van der Waals surface area contributed by atoms with E-state index in [-0.39, 0.29) is 5.56 Å². The van der Waals surface area contributed by atoms with Gasteiger partial charge in [0.1, 0.15) is 11.5 Å². The number of rotatable bonds is 5. The van der Waals surface area contributed by atoms with Crippen LogP contribution in [-0.2, 0) is 19.2 Å². The van der Waals surface area contributed by atoms with Gasteiger partial charge in [-0.2, -0.15) is 0 Å². The zero-order chi connectivity index (χ0) is 18.8. The lowest BCUT2D eigenvalue weighted by molar-refractivity contribution is 0.748. The van der Waals surface area contributed by atoms with E-state index in [1.807, 2.05) is 48.9 Å². The van der Waals surface area contributed by atoms with Gasteiger partial charge in [-0.15, -0.1) is 10.2 Å². The number of fused-ring (bicyclic) bond motifs is 1. The molecule has 0 aliphatic heterocycles. The molecule has 7 heteroatoms. The Bertz CT molecular complexity index is 1150. The van der Waals surface area contributed by atoms with Crippen molar-refractivity contribution in [3.05, 3.63) is 87.7 Å². The van der Waals surface area contributed by atoms with Gasteiger partial charge in [0.2, 0.25) is 0 Å². The van der Waals surface area contributed by atoms with E-state index in [9.17, 15) is 4.79 Å². The molecule has 0 saturated heterocycles. The molecule has 0 fully saturated rings. The molecule has 0 aliphatic rings. The third-order valence-electron chi connectivity index (χ3n) is 4.42. The normalized spacial score (nSPS) is 11.2. The summed E-state index contributed by atoms with van der Waals surface area (Å²) in [5.74, 6) is 1.48.